The minimum Gasteiger partial charge on any atom is -0.350 e. The van der Waals surface area contributed by atoms with Crippen LogP contribution in [-0.2, 0) is 17.9 Å². The number of benzene rings is 1. The lowest BCUT2D eigenvalue weighted by Crippen LogP contribution is -2.39. The van der Waals surface area contributed by atoms with Crippen molar-refractivity contribution >= 4 is 45.0 Å². The van der Waals surface area contributed by atoms with Gasteiger partial charge in [0, 0.05) is 24.7 Å². The predicted octanol–water partition coefficient (Wildman–Crippen LogP) is 3.42. The number of nitrogens with one attached hydrogen (secondary N) is 1. The second-order valence-electron chi connectivity index (χ2n) is 6.85. The van der Waals surface area contributed by atoms with Crippen LogP contribution in [0.25, 0.3) is 10.2 Å². The first-order valence-corrected chi connectivity index (χ1v) is 10.6. The first-order chi connectivity index (χ1) is 13.6. The quantitative estimate of drug-likeness (QED) is 0.692. The van der Waals surface area contributed by atoms with E-state index >= 15 is 0 Å². The van der Waals surface area contributed by atoms with Crippen molar-refractivity contribution in [1.29, 1.82) is 0 Å². The second kappa shape index (κ2) is 8.32. The minimum atomic E-state index is -0.238. The van der Waals surface area contributed by atoms with Crippen LogP contribution >= 0.6 is 22.9 Å². The molecule has 0 radical (unpaired) electrons. The van der Waals surface area contributed by atoms with E-state index in [0.717, 1.165) is 31.5 Å². The number of hydrogen-bond donors (Lipinski definition) is 1. The molecule has 146 valence electrons. The van der Waals surface area contributed by atoms with Crippen LogP contribution < -0.4 is 15.8 Å². The number of carbonyl (C=O) groups is 1. The number of nitrogens with zero attached hydrogens (tertiary/aromatic N) is 3. The van der Waals surface area contributed by atoms with E-state index in [9.17, 15) is 9.59 Å². The van der Waals surface area contributed by atoms with Crippen LogP contribution in [0.1, 0.15) is 24.8 Å². The van der Waals surface area contributed by atoms with E-state index in [4.69, 9.17) is 16.6 Å². The monoisotopic (exact) mass is 416 g/mol. The second-order valence-corrected chi connectivity index (χ2v) is 8.18. The van der Waals surface area contributed by atoms with E-state index in [1.165, 1.54) is 22.3 Å². The molecule has 6 nitrogen and oxygen atoms in total. The van der Waals surface area contributed by atoms with Crippen LogP contribution in [0.3, 0.4) is 0 Å². The van der Waals surface area contributed by atoms with Gasteiger partial charge in [0.05, 0.1) is 5.52 Å². The molecule has 1 aliphatic heterocycles. The van der Waals surface area contributed by atoms with Gasteiger partial charge in [-0.2, -0.15) is 0 Å². The van der Waals surface area contributed by atoms with E-state index in [2.05, 4.69) is 10.2 Å². The largest absolute Gasteiger partial charge is 0.350 e. The molecule has 1 saturated heterocycles. The average Bonchev–Trinajstić information content (AvgIpc) is 3.19. The van der Waals surface area contributed by atoms with Crippen molar-refractivity contribution in [2.75, 3.05) is 18.0 Å². The number of anilines is 1. The van der Waals surface area contributed by atoms with Gasteiger partial charge in [0.1, 0.15) is 11.2 Å². The topological polar surface area (TPSA) is 67.2 Å². The lowest BCUT2D eigenvalue weighted by Gasteiger charge is -2.29. The van der Waals surface area contributed by atoms with Gasteiger partial charge in [0.2, 0.25) is 11.9 Å². The Hall–Kier alpha value is -2.38. The zero-order valence-electron chi connectivity index (χ0n) is 15.4. The van der Waals surface area contributed by atoms with Crippen molar-refractivity contribution in [3.63, 3.8) is 0 Å². The van der Waals surface area contributed by atoms with Crippen molar-refractivity contribution in [3.05, 3.63) is 56.7 Å². The zero-order valence-corrected chi connectivity index (χ0v) is 16.9. The summed E-state index contributed by atoms with van der Waals surface area (Å²) in [7, 11) is 0. The smallest absolute Gasteiger partial charge is 0.273 e. The highest BCUT2D eigenvalue weighted by Gasteiger charge is 2.21. The summed E-state index contributed by atoms with van der Waals surface area (Å²) in [5, 5.41) is 5.33. The van der Waals surface area contributed by atoms with Crippen molar-refractivity contribution < 1.29 is 4.79 Å². The molecule has 3 heterocycles. The summed E-state index contributed by atoms with van der Waals surface area (Å²) < 4.78 is 2.09. The normalized spacial score (nSPS) is 14.4. The Kier molecular flexibility index (Phi) is 5.64. The maximum absolute atomic E-state index is 13.0. The Labute approximate surface area is 171 Å². The molecule has 28 heavy (non-hydrogen) atoms. The fourth-order valence-electron chi connectivity index (χ4n) is 3.44. The van der Waals surface area contributed by atoms with E-state index in [0.29, 0.717) is 27.7 Å². The lowest BCUT2D eigenvalue weighted by molar-refractivity contribution is -0.121. The standard InChI is InChI=1S/C20H21ClN4O2S/c21-15-7-3-2-6-14(15)12-22-17(26)13-25-19(27)18-16(8-11-28-18)23-20(25)24-9-4-1-5-10-24/h2-3,6-8,11H,1,4-5,9-10,12-13H2,(H,22,26). The summed E-state index contributed by atoms with van der Waals surface area (Å²) >= 11 is 7.51. The molecular formula is C20H21ClN4O2S. The maximum atomic E-state index is 13.0. The lowest BCUT2D eigenvalue weighted by atomic mass is 10.1. The van der Waals surface area contributed by atoms with Gasteiger partial charge in [-0.15, -0.1) is 11.3 Å². The number of rotatable bonds is 5. The minimum absolute atomic E-state index is 0.0596. The van der Waals surface area contributed by atoms with Crippen LogP contribution in [0.4, 0.5) is 5.95 Å². The number of fused-ring (bicyclic) bond motifs is 1. The fourth-order valence-corrected chi connectivity index (χ4v) is 4.43. The molecule has 0 atom stereocenters. The van der Waals surface area contributed by atoms with Gasteiger partial charge < -0.3 is 10.2 Å². The van der Waals surface area contributed by atoms with Crippen LogP contribution in [0.5, 0.6) is 0 Å². The Balaban J connectivity index is 1.59. The first kappa shape index (κ1) is 19.0. The van der Waals surface area contributed by atoms with Gasteiger partial charge in [0.25, 0.3) is 5.56 Å². The summed E-state index contributed by atoms with van der Waals surface area (Å²) in [4.78, 5) is 32.4. The molecule has 8 heteroatoms. The molecule has 3 aromatic rings. The summed E-state index contributed by atoms with van der Waals surface area (Å²) in [5.74, 6) is 0.349. The number of carbonyl (C=O) groups excluding carboxylic acids is 1. The van der Waals surface area contributed by atoms with Gasteiger partial charge in [-0.25, -0.2) is 4.98 Å². The molecule has 0 bridgehead atoms. The van der Waals surface area contributed by atoms with Crippen LogP contribution in [-0.4, -0.2) is 28.5 Å². The Morgan fingerprint density at radius 2 is 1.96 bits per heavy atom. The van der Waals surface area contributed by atoms with Gasteiger partial charge in [0.15, 0.2) is 0 Å². The molecule has 1 fully saturated rings. The van der Waals surface area contributed by atoms with Gasteiger partial charge in [-0.05, 0) is 42.3 Å². The van der Waals surface area contributed by atoms with E-state index in [1.54, 1.807) is 6.07 Å². The molecule has 1 amide bonds. The number of amides is 1. The SMILES string of the molecule is O=C(Cn1c(N2CCCCC2)nc2ccsc2c1=O)NCc1ccccc1Cl. The third kappa shape index (κ3) is 3.91. The molecule has 1 aliphatic rings. The highest BCUT2D eigenvalue weighted by molar-refractivity contribution is 7.17. The third-order valence-corrected chi connectivity index (χ3v) is 6.18. The van der Waals surface area contributed by atoms with E-state index in [1.807, 2.05) is 29.6 Å². The van der Waals surface area contributed by atoms with E-state index in [-0.39, 0.29) is 18.0 Å². The van der Waals surface area contributed by atoms with Gasteiger partial charge in [-0.1, -0.05) is 29.8 Å². The molecule has 1 aromatic carbocycles. The van der Waals surface area contributed by atoms with Crippen molar-refractivity contribution in [2.24, 2.45) is 0 Å². The number of aromatic nitrogens is 2. The molecular weight excluding hydrogens is 396 g/mol. The summed E-state index contributed by atoms with van der Waals surface area (Å²) in [6.45, 7) is 1.96. The average molecular weight is 417 g/mol. The number of piperidine rings is 1. The summed E-state index contributed by atoms with van der Waals surface area (Å²) in [6.07, 6.45) is 3.31. The van der Waals surface area contributed by atoms with Crippen molar-refractivity contribution in [1.82, 2.24) is 14.9 Å². The van der Waals surface area contributed by atoms with Crippen LogP contribution in [0.15, 0.2) is 40.5 Å². The molecule has 0 spiro atoms. The Bertz CT molecular complexity index is 1060. The van der Waals surface area contributed by atoms with Crippen molar-refractivity contribution in [3.8, 4) is 0 Å². The number of halogens is 1. The number of thiophene rings is 1. The molecule has 2 aromatic heterocycles. The fraction of sp³-hybridized carbons (Fsp3) is 0.350. The highest BCUT2D eigenvalue weighted by Crippen LogP contribution is 2.22. The summed E-state index contributed by atoms with van der Waals surface area (Å²) in [5.41, 5.74) is 1.38. The molecule has 0 unspecified atom stereocenters. The molecule has 1 N–H and O–H groups in total. The predicted molar refractivity (Wildman–Crippen MR) is 113 cm³/mol. The maximum Gasteiger partial charge on any atom is 0.273 e. The summed E-state index contributed by atoms with van der Waals surface area (Å²) in [6, 6.07) is 9.24. The Morgan fingerprint density at radius 1 is 1.18 bits per heavy atom. The molecule has 4 rings (SSSR count). The first-order valence-electron chi connectivity index (χ1n) is 9.36. The van der Waals surface area contributed by atoms with Gasteiger partial charge in [-0.3, -0.25) is 14.2 Å². The highest BCUT2D eigenvalue weighted by atomic mass is 35.5. The molecule has 0 saturated carbocycles. The van der Waals surface area contributed by atoms with Crippen LogP contribution in [0.2, 0.25) is 5.02 Å². The molecule has 0 aliphatic carbocycles. The number of hydrogen-bond acceptors (Lipinski definition) is 5. The zero-order chi connectivity index (χ0) is 19.5. The van der Waals surface area contributed by atoms with Gasteiger partial charge >= 0.3 is 0 Å². The van der Waals surface area contributed by atoms with Crippen molar-refractivity contribution in [2.45, 2.75) is 32.4 Å². The van der Waals surface area contributed by atoms with Crippen LogP contribution in [0, 0.1) is 0 Å². The van der Waals surface area contributed by atoms with E-state index < -0.39 is 0 Å². The third-order valence-electron chi connectivity index (χ3n) is 4.92. The Morgan fingerprint density at radius 3 is 2.75 bits per heavy atom.